The lowest BCUT2D eigenvalue weighted by Crippen LogP contribution is -2.35. The number of rotatable bonds is 7. The molecule has 182 valence electrons. The lowest BCUT2D eigenvalue weighted by molar-refractivity contribution is 0.414. The quantitative estimate of drug-likeness (QED) is 0.294. The van der Waals surface area contributed by atoms with Crippen molar-refractivity contribution in [2.45, 2.75) is 19.1 Å². The fourth-order valence-corrected chi connectivity index (χ4v) is 4.71. The van der Waals surface area contributed by atoms with Crippen molar-refractivity contribution in [2.75, 3.05) is 26.2 Å². The van der Waals surface area contributed by atoms with Crippen LogP contribution in [-0.4, -0.2) is 33.1 Å². The van der Waals surface area contributed by atoms with Gasteiger partial charge in [-0.1, -0.05) is 36.4 Å². The van der Waals surface area contributed by atoms with Gasteiger partial charge < -0.3 is 19.1 Å². The van der Waals surface area contributed by atoms with Crippen LogP contribution in [-0.2, 0) is 0 Å². The second kappa shape index (κ2) is 10.2. The van der Waals surface area contributed by atoms with E-state index in [9.17, 15) is 0 Å². The number of nitrogens with zero attached hydrogens (tertiary/aromatic N) is 2. The van der Waals surface area contributed by atoms with Gasteiger partial charge in [0.05, 0.1) is 33.1 Å². The minimum Gasteiger partial charge on any atom is -0.497 e. The summed E-state index contributed by atoms with van der Waals surface area (Å²) in [6.45, 7) is 2.21. The second-order valence-electron chi connectivity index (χ2n) is 8.75. The first-order valence-electron chi connectivity index (χ1n) is 12.0. The molecule has 2 atom stereocenters. The Morgan fingerprint density at radius 1 is 0.556 bits per heavy atom. The number of hydrogen-bond acceptors (Lipinski definition) is 5. The predicted molar refractivity (Wildman–Crippen MR) is 146 cm³/mol. The van der Waals surface area contributed by atoms with E-state index in [-0.39, 0.29) is 12.2 Å². The Bertz CT molecular complexity index is 1330. The third-order valence-electron chi connectivity index (χ3n) is 6.73. The molecule has 0 saturated carbocycles. The van der Waals surface area contributed by atoms with Gasteiger partial charge in [0.15, 0.2) is 0 Å². The van der Waals surface area contributed by atoms with Crippen molar-refractivity contribution in [1.82, 2.24) is 0 Å². The molecular weight excluding hydrogens is 448 g/mol. The summed E-state index contributed by atoms with van der Waals surface area (Å²) in [6, 6.07) is 33.2. The van der Waals surface area contributed by atoms with E-state index in [4.69, 9.17) is 19.2 Å². The Balaban J connectivity index is 1.50. The van der Waals surface area contributed by atoms with E-state index in [1.54, 1.807) is 21.3 Å². The molecule has 0 aromatic heterocycles. The molecule has 0 bridgehead atoms. The topological polar surface area (TPSA) is 43.3 Å². The first kappa shape index (κ1) is 23.5. The van der Waals surface area contributed by atoms with Crippen molar-refractivity contribution in [3.8, 4) is 28.4 Å². The molecule has 1 heterocycles. The Kier molecular flexibility index (Phi) is 6.63. The molecule has 5 rings (SSSR count). The molecule has 0 fully saturated rings. The third kappa shape index (κ3) is 4.52. The molecule has 1 aliphatic rings. The average Bonchev–Trinajstić information content (AvgIpc) is 3.30. The Labute approximate surface area is 212 Å². The van der Waals surface area contributed by atoms with Crippen molar-refractivity contribution in [3.05, 3.63) is 108 Å². The zero-order chi connectivity index (χ0) is 25.1. The molecule has 0 saturated heterocycles. The van der Waals surface area contributed by atoms with Crippen molar-refractivity contribution in [3.63, 3.8) is 0 Å². The monoisotopic (exact) mass is 478 g/mol. The minimum absolute atomic E-state index is 0.0809. The normalized spacial score (nSPS) is 17.0. The average molecular weight is 479 g/mol. The molecule has 1 aliphatic heterocycles. The molecule has 0 spiro atoms. The summed E-state index contributed by atoms with van der Waals surface area (Å²) in [5, 5.41) is 0. The van der Waals surface area contributed by atoms with Crippen LogP contribution < -0.4 is 19.1 Å². The van der Waals surface area contributed by atoms with E-state index in [0.29, 0.717) is 0 Å². The summed E-state index contributed by atoms with van der Waals surface area (Å²) in [7, 11) is 5.05. The summed E-state index contributed by atoms with van der Waals surface area (Å²) >= 11 is 0. The number of aliphatic imine (C=N–C) groups is 1. The van der Waals surface area contributed by atoms with Crippen molar-refractivity contribution >= 4 is 11.4 Å². The van der Waals surface area contributed by atoms with E-state index in [1.807, 2.05) is 36.4 Å². The van der Waals surface area contributed by atoms with Gasteiger partial charge in [-0.3, -0.25) is 4.99 Å². The summed E-state index contributed by atoms with van der Waals surface area (Å²) in [5.41, 5.74) is 6.69. The van der Waals surface area contributed by atoms with E-state index >= 15 is 0 Å². The fourth-order valence-electron chi connectivity index (χ4n) is 4.71. The number of ether oxygens (including phenoxy) is 3. The van der Waals surface area contributed by atoms with Crippen LogP contribution in [0.5, 0.6) is 17.2 Å². The highest BCUT2D eigenvalue weighted by molar-refractivity contribution is 6.08. The van der Waals surface area contributed by atoms with Gasteiger partial charge in [0, 0.05) is 5.69 Å². The molecule has 2 unspecified atom stereocenters. The lowest BCUT2D eigenvalue weighted by atomic mass is 10.0. The molecule has 0 amide bonds. The molecule has 0 radical (unpaired) electrons. The third-order valence-corrected chi connectivity index (χ3v) is 6.73. The van der Waals surface area contributed by atoms with Crippen LogP contribution in [0.3, 0.4) is 0 Å². The molecule has 0 aliphatic carbocycles. The highest BCUT2D eigenvalue weighted by Gasteiger charge is 2.35. The van der Waals surface area contributed by atoms with Gasteiger partial charge in [-0.25, -0.2) is 0 Å². The lowest BCUT2D eigenvalue weighted by Gasteiger charge is -2.30. The summed E-state index contributed by atoms with van der Waals surface area (Å²) < 4.78 is 16.0. The van der Waals surface area contributed by atoms with Gasteiger partial charge in [-0.2, -0.15) is 0 Å². The van der Waals surface area contributed by atoms with Crippen LogP contribution >= 0.6 is 0 Å². The summed E-state index contributed by atoms with van der Waals surface area (Å²) in [5.74, 6) is 2.52. The number of benzene rings is 4. The Hall–Kier alpha value is -4.25. The molecule has 4 aromatic carbocycles. The highest BCUT2D eigenvalue weighted by Crippen LogP contribution is 2.38. The van der Waals surface area contributed by atoms with Crippen LogP contribution in [0.4, 0.5) is 5.69 Å². The van der Waals surface area contributed by atoms with Gasteiger partial charge >= 0.3 is 0 Å². The predicted octanol–water partition coefficient (Wildman–Crippen LogP) is 6.78. The van der Waals surface area contributed by atoms with Crippen molar-refractivity contribution in [1.29, 1.82) is 0 Å². The van der Waals surface area contributed by atoms with Crippen LogP contribution in [0.25, 0.3) is 11.1 Å². The SMILES string of the molecule is COc1ccc(C2=NC(c3ccc(OC)cc3)N(c3ccc(-c4ccc(OC)cc4)cc3)C2C)cc1. The van der Waals surface area contributed by atoms with Gasteiger partial charge in [-0.05, 0) is 89.8 Å². The standard InChI is InChI=1S/C31H30N2O3/c1-21-30(24-9-17-28(35-3)18-10-24)32-31(25-11-19-29(36-4)20-12-25)33(21)26-13-5-22(6-14-26)23-7-15-27(34-2)16-8-23/h5-21,31H,1-4H3. The molecule has 36 heavy (non-hydrogen) atoms. The largest absolute Gasteiger partial charge is 0.497 e. The van der Waals surface area contributed by atoms with E-state index in [2.05, 4.69) is 72.5 Å². The van der Waals surface area contributed by atoms with Gasteiger partial charge in [0.25, 0.3) is 0 Å². The van der Waals surface area contributed by atoms with E-state index < -0.39 is 0 Å². The minimum atomic E-state index is -0.144. The molecule has 5 nitrogen and oxygen atoms in total. The van der Waals surface area contributed by atoms with Gasteiger partial charge in [0.2, 0.25) is 0 Å². The first-order chi connectivity index (χ1) is 17.6. The second-order valence-corrected chi connectivity index (χ2v) is 8.75. The molecule has 5 heteroatoms. The smallest absolute Gasteiger partial charge is 0.148 e. The van der Waals surface area contributed by atoms with E-state index in [1.165, 1.54) is 0 Å². The molecule has 0 N–H and O–H groups in total. The maximum atomic E-state index is 5.38. The zero-order valence-corrected chi connectivity index (χ0v) is 21.0. The maximum absolute atomic E-state index is 5.38. The zero-order valence-electron chi connectivity index (χ0n) is 21.0. The van der Waals surface area contributed by atoms with Crippen LogP contribution in [0, 0.1) is 0 Å². The maximum Gasteiger partial charge on any atom is 0.148 e. The van der Waals surface area contributed by atoms with Gasteiger partial charge in [-0.15, -0.1) is 0 Å². The number of hydrogen-bond donors (Lipinski definition) is 0. The van der Waals surface area contributed by atoms with Crippen LogP contribution in [0.1, 0.15) is 24.2 Å². The van der Waals surface area contributed by atoms with Crippen LogP contribution in [0.2, 0.25) is 0 Å². The number of anilines is 1. The first-order valence-corrected chi connectivity index (χ1v) is 12.0. The van der Waals surface area contributed by atoms with Crippen molar-refractivity contribution < 1.29 is 14.2 Å². The van der Waals surface area contributed by atoms with E-state index in [0.717, 1.165) is 50.9 Å². The molecule has 4 aromatic rings. The number of methoxy groups -OCH3 is 3. The summed E-state index contributed by atoms with van der Waals surface area (Å²) in [4.78, 5) is 7.60. The molecular formula is C31H30N2O3. The Morgan fingerprint density at radius 2 is 0.972 bits per heavy atom. The highest BCUT2D eigenvalue weighted by atomic mass is 16.5. The summed E-state index contributed by atoms with van der Waals surface area (Å²) in [6.07, 6.45) is -0.144. The van der Waals surface area contributed by atoms with Gasteiger partial charge in [0.1, 0.15) is 23.4 Å². The Morgan fingerprint density at radius 3 is 1.44 bits per heavy atom. The fraction of sp³-hybridized carbons (Fsp3) is 0.194. The van der Waals surface area contributed by atoms with Crippen LogP contribution in [0.15, 0.2) is 102 Å². The van der Waals surface area contributed by atoms with Crippen molar-refractivity contribution in [2.24, 2.45) is 4.99 Å².